The lowest BCUT2D eigenvalue weighted by molar-refractivity contribution is -0.121. The van der Waals surface area contributed by atoms with Crippen LogP contribution in [-0.4, -0.2) is 57.3 Å². The van der Waals surface area contributed by atoms with E-state index in [1.807, 2.05) is 0 Å². The molecule has 1 fully saturated rings. The number of nitrogens with one attached hydrogen (secondary N) is 1. The summed E-state index contributed by atoms with van der Waals surface area (Å²) in [6.45, 7) is 3.17. The molecule has 1 aliphatic heterocycles. The monoisotopic (exact) mass is 368 g/mol. The number of rotatable bonds is 5. The van der Waals surface area contributed by atoms with Crippen molar-refractivity contribution in [2.75, 3.05) is 26.0 Å². The molecule has 2 amide bonds. The van der Waals surface area contributed by atoms with Crippen LogP contribution in [0, 0.1) is 0 Å². The van der Waals surface area contributed by atoms with Gasteiger partial charge in [-0.1, -0.05) is 18.2 Å². The number of piperidine rings is 1. The molecule has 1 heterocycles. The Morgan fingerprint density at radius 1 is 1.24 bits per heavy atom. The maximum atomic E-state index is 12.3. The van der Waals surface area contributed by atoms with E-state index >= 15 is 0 Å². The average Bonchev–Trinajstić information content (AvgIpc) is 2.55. The molecule has 0 saturated carbocycles. The molecule has 0 spiro atoms. The summed E-state index contributed by atoms with van der Waals surface area (Å²) in [5.41, 5.74) is 0.492. The van der Waals surface area contributed by atoms with Crippen LogP contribution in [0.5, 0.6) is 0 Å². The molecule has 25 heavy (non-hydrogen) atoms. The number of amides is 2. The predicted octanol–water partition coefficient (Wildman–Crippen LogP) is 1.37. The Balaban J connectivity index is 1.89. The Morgan fingerprint density at radius 3 is 2.48 bits per heavy atom. The van der Waals surface area contributed by atoms with Gasteiger partial charge in [0.05, 0.1) is 17.9 Å². The van der Waals surface area contributed by atoms with Crippen molar-refractivity contribution in [1.82, 2.24) is 10.2 Å². The fraction of sp³-hybridized carbons (Fsp3) is 0.529. The number of ether oxygens (including phenoxy) is 1. The minimum atomic E-state index is -3.37. The molecular formula is C17H24N2O5S. The van der Waals surface area contributed by atoms with Gasteiger partial charge in [0.25, 0.3) is 0 Å². The summed E-state index contributed by atoms with van der Waals surface area (Å²) in [6, 6.07) is 6.50. The molecule has 1 saturated heterocycles. The molecule has 8 heteroatoms. The van der Waals surface area contributed by atoms with Crippen LogP contribution in [0.15, 0.2) is 29.2 Å². The fourth-order valence-corrected chi connectivity index (χ4v) is 3.83. The SMILES string of the molecule is CCOC(=O)N1CCC(NC(=O)Cc2ccccc2S(C)(=O)=O)CC1. The molecule has 0 aromatic heterocycles. The summed E-state index contributed by atoms with van der Waals surface area (Å²) in [4.78, 5) is 25.7. The summed E-state index contributed by atoms with van der Waals surface area (Å²) in [5, 5.41) is 2.92. The minimum Gasteiger partial charge on any atom is -0.450 e. The van der Waals surface area contributed by atoms with Crippen LogP contribution in [0.4, 0.5) is 4.79 Å². The number of benzene rings is 1. The van der Waals surface area contributed by atoms with Crippen LogP contribution in [0.2, 0.25) is 0 Å². The highest BCUT2D eigenvalue weighted by atomic mass is 32.2. The summed E-state index contributed by atoms with van der Waals surface area (Å²) in [5.74, 6) is -0.217. The molecular weight excluding hydrogens is 344 g/mol. The van der Waals surface area contributed by atoms with Gasteiger partial charge in [-0.2, -0.15) is 0 Å². The van der Waals surface area contributed by atoms with E-state index < -0.39 is 9.84 Å². The lowest BCUT2D eigenvalue weighted by Gasteiger charge is -2.31. The quantitative estimate of drug-likeness (QED) is 0.847. The van der Waals surface area contributed by atoms with Gasteiger partial charge in [0.15, 0.2) is 9.84 Å². The number of carbonyl (C=O) groups excluding carboxylic acids is 2. The molecule has 0 atom stereocenters. The van der Waals surface area contributed by atoms with Gasteiger partial charge in [0.1, 0.15) is 0 Å². The van der Waals surface area contributed by atoms with Gasteiger partial charge in [-0.3, -0.25) is 4.79 Å². The second-order valence-corrected chi connectivity index (χ2v) is 8.07. The van der Waals surface area contributed by atoms with Gasteiger partial charge in [-0.25, -0.2) is 13.2 Å². The number of nitrogens with zero attached hydrogens (tertiary/aromatic N) is 1. The number of hydrogen-bond donors (Lipinski definition) is 1. The van der Waals surface area contributed by atoms with Crippen LogP contribution in [-0.2, 0) is 25.8 Å². The zero-order valence-electron chi connectivity index (χ0n) is 14.5. The summed E-state index contributed by atoms with van der Waals surface area (Å²) in [6.07, 6.45) is 2.13. The topological polar surface area (TPSA) is 92.8 Å². The van der Waals surface area contributed by atoms with Crippen molar-refractivity contribution in [2.45, 2.75) is 37.1 Å². The molecule has 1 N–H and O–H groups in total. The minimum absolute atomic E-state index is 0.0152. The molecule has 0 bridgehead atoms. The number of likely N-dealkylation sites (tertiary alicyclic amines) is 1. The van der Waals surface area contributed by atoms with Crippen molar-refractivity contribution in [1.29, 1.82) is 0 Å². The molecule has 0 radical (unpaired) electrons. The number of carbonyl (C=O) groups is 2. The lowest BCUT2D eigenvalue weighted by Crippen LogP contribution is -2.47. The standard InChI is InChI=1S/C17H24N2O5S/c1-3-24-17(21)19-10-8-14(9-11-19)18-16(20)12-13-6-4-5-7-15(13)25(2,22)23/h4-7,14H,3,8-12H2,1-2H3,(H,18,20). The third-order valence-corrected chi connectivity index (χ3v) is 5.31. The first-order valence-electron chi connectivity index (χ1n) is 8.30. The zero-order chi connectivity index (χ0) is 18.4. The van der Waals surface area contributed by atoms with Crippen molar-refractivity contribution in [2.24, 2.45) is 0 Å². The second kappa shape index (κ2) is 8.33. The molecule has 7 nitrogen and oxygen atoms in total. The maximum Gasteiger partial charge on any atom is 0.409 e. The fourth-order valence-electron chi connectivity index (χ4n) is 2.88. The van der Waals surface area contributed by atoms with Crippen molar-refractivity contribution < 1.29 is 22.7 Å². The molecule has 1 aliphatic rings. The summed E-state index contributed by atoms with van der Waals surface area (Å²) >= 11 is 0. The maximum absolute atomic E-state index is 12.3. The molecule has 1 aromatic carbocycles. The Labute approximate surface area is 148 Å². The Hall–Kier alpha value is -2.09. The van der Waals surface area contributed by atoms with Crippen molar-refractivity contribution >= 4 is 21.8 Å². The first kappa shape index (κ1) is 19.2. The van der Waals surface area contributed by atoms with Gasteiger partial charge >= 0.3 is 6.09 Å². The van der Waals surface area contributed by atoms with Gasteiger partial charge < -0.3 is 15.0 Å². The highest BCUT2D eigenvalue weighted by Crippen LogP contribution is 2.17. The highest BCUT2D eigenvalue weighted by molar-refractivity contribution is 7.90. The first-order valence-corrected chi connectivity index (χ1v) is 10.2. The molecule has 2 rings (SSSR count). The van der Waals surface area contributed by atoms with E-state index in [2.05, 4.69) is 5.32 Å². The highest BCUT2D eigenvalue weighted by Gasteiger charge is 2.25. The van der Waals surface area contributed by atoms with E-state index in [-0.39, 0.29) is 29.4 Å². The second-order valence-electron chi connectivity index (χ2n) is 6.08. The van der Waals surface area contributed by atoms with Crippen molar-refractivity contribution in [3.05, 3.63) is 29.8 Å². The number of hydrogen-bond acceptors (Lipinski definition) is 5. The van der Waals surface area contributed by atoms with E-state index in [0.29, 0.717) is 38.1 Å². The smallest absolute Gasteiger partial charge is 0.409 e. The normalized spacial score (nSPS) is 15.7. The summed E-state index contributed by atoms with van der Waals surface area (Å²) < 4.78 is 28.6. The van der Waals surface area contributed by atoms with Gasteiger partial charge in [0.2, 0.25) is 5.91 Å². The Kier molecular flexibility index (Phi) is 6.41. The third-order valence-electron chi connectivity index (χ3n) is 4.11. The predicted molar refractivity (Wildman–Crippen MR) is 93.0 cm³/mol. The third kappa shape index (κ3) is 5.45. The van der Waals surface area contributed by atoms with E-state index in [1.165, 1.54) is 6.07 Å². The molecule has 1 aromatic rings. The van der Waals surface area contributed by atoms with Crippen LogP contribution in [0.25, 0.3) is 0 Å². The molecule has 138 valence electrons. The van der Waals surface area contributed by atoms with Crippen LogP contribution in [0.1, 0.15) is 25.3 Å². The molecule has 0 unspecified atom stereocenters. The van der Waals surface area contributed by atoms with E-state index in [0.717, 1.165) is 6.26 Å². The van der Waals surface area contributed by atoms with Crippen LogP contribution >= 0.6 is 0 Å². The van der Waals surface area contributed by atoms with Crippen LogP contribution in [0.3, 0.4) is 0 Å². The number of sulfone groups is 1. The zero-order valence-corrected chi connectivity index (χ0v) is 15.3. The Morgan fingerprint density at radius 2 is 1.88 bits per heavy atom. The first-order chi connectivity index (χ1) is 11.8. The summed E-state index contributed by atoms with van der Waals surface area (Å²) in [7, 11) is -3.37. The largest absolute Gasteiger partial charge is 0.450 e. The average molecular weight is 368 g/mol. The van der Waals surface area contributed by atoms with E-state index in [9.17, 15) is 18.0 Å². The van der Waals surface area contributed by atoms with Crippen molar-refractivity contribution in [3.8, 4) is 0 Å². The Bertz CT molecular complexity index is 724. The van der Waals surface area contributed by atoms with E-state index in [4.69, 9.17) is 4.74 Å². The lowest BCUT2D eigenvalue weighted by atomic mass is 10.0. The van der Waals surface area contributed by atoms with Gasteiger partial charge in [-0.05, 0) is 31.4 Å². The van der Waals surface area contributed by atoms with Gasteiger partial charge in [0, 0.05) is 25.4 Å². The van der Waals surface area contributed by atoms with Gasteiger partial charge in [-0.15, -0.1) is 0 Å². The van der Waals surface area contributed by atoms with Crippen LogP contribution < -0.4 is 5.32 Å². The van der Waals surface area contributed by atoms with Crippen molar-refractivity contribution in [3.63, 3.8) is 0 Å². The van der Waals surface area contributed by atoms with E-state index in [1.54, 1.807) is 30.0 Å². The molecule has 0 aliphatic carbocycles.